The van der Waals surface area contributed by atoms with Crippen molar-refractivity contribution in [2.45, 2.75) is 0 Å². The van der Waals surface area contributed by atoms with Gasteiger partial charge in [0.2, 0.25) is 0 Å². The zero-order chi connectivity index (χ0) is 14.9. The predicted octanol–water partition coefficient (Wildman–Crippen LogP) is 3.45. The highest BCUT2D eigenvalue weighted by Gasteiger charge is 2.20. The second-order valence-corrected chi connectivity index (χ2v) is 4.22. The number of benzene rings is 1. The molecule has 9 heteroatoms. The van der Waals surface area contributed by atoms with E-state index in [-0.39, 0.29) is 16.0 Å². The Morgan fingerprint density at radius 1 is 1.05 bits per heavy atom. The molecule has 1 heterocycles. The topological polar surface area (TPSA) is 54.9 Å². The Bertz CT molecular complexity index is 677. The molecule has 4 nitrogen and oxygen atoms in total. The largest absolute Gasteiger partial charge is 0.317 e. The van der Waals surface area contributed by atoms with Gasteiger partial charge in [-0.15, -0.1) is 0 Å². The monoisotopic (exact) mass is 321 g/mol. The minimum Gasteiger partial charge on any atom is -0.317 e. The lowest BCUT2D eigenvalue weighted by Crippen LogP contribution is -2.16. The fraction of sp³-hybridized carbons (Fsp3) is 0. The van der Waals surface area contributed by atoms with E-state index in [1.165, 1.54) is 0 Å². The lowest BCUT2D eigenvalue weighted by atomic mass is 10.2. The smallest absolute Gasteiger partial charge is 0.258 e. The molecular weight excluding hydrogens is 318 g/mol. The lowest BCUT2D eigenvalue weighted by Gasteiger charge is -2.08. The average Bonchev–Trinajstić information content (AvgIpc) is 2.40. The molecule has 104 valence electrons. The van der Waals surface area contributed by atoms with Gasteiger partial charge < -0.3 is 5.32 Å². The van der Waals surface area contributed by atoms with Crippen LogP contribution in [0.25, 0.3) is 0 Å². The van der Waals surface area contributed by atoms with Gasteiger partial charge in [-0.25, -0.2) is 23.1 Å². The quantitative estimate of drug-likeness (QED) is 0.680. The van der Waals surface area contributed by atoms with E-state index in [1.807, 2.05) is 0 Å². The van der Waals surface area contributed by atoms with E-state index in [2.05, 4.69) is 15.3 Å². The van der Waals surface area contributed by atoms with Crippen LogP contribution in [-0.4, -0.2) is 15.9 Å². The maximum Gasteiger partial charge on any atom is 0.258 e. The van der Waals surface area contributed by atoms with E-state index in [9.17, 15) is 18.0 Å². The molecule has 0 fully saturated rings. The number of halogens is 5. The number of nitrogens with zero attached hydrogens (tertiary/aromatic N) is 2. The van der Waals surface area contributed by atoms with Crippen LogP contribution in [0.4, 0.5) is 18.9 Å². The fourth-order valence-electron chi connectivity index (χ4n) is 1.33. The molecular formula is C11H4Cl2F3N3O. The molecule has 0 saturated heterocycles. The van der Waals surface area contributed by atoms with Gasteiger partial charge in [-0.2, -0.15) is 0 Å². The summed E-state index contributed by atoms with van der Waals surface area (Å²) in [5.74, 6) is -5.84. The molecule has 1 aromatic heterocycles. The van der Waals surface area contributed by atoms with Crippen LogP contribution in [0.1, 0.15) is 10.4 Å². The van der Waals surface area contributed by atoms with Crippen molar-refractivity contribution in [1.29, 1.82) is 0 Å². The van der Waals surface area contributed by atoms with Gasteiger partial charge in [-0.3, -0.25) is 4.79 Å². The van der Waals surface area contributed by atoms with E-state index in [1.54, 1.807) is 0 Å². The molecule has 1 amide bonds. The van der Waals surface area contributed by atoms with Gasteiger partial charge in [0.15, 0.2) is 27.8 Å². The second-order valence-electron chi connectivity index (χ2n) is 3.51. The van der Waals surface area contributed by atoms with Crippen molar-refractivity contribution in [3.05, 3.63) is 51.8 Å². The molecule has 0 saturated carbocycles. The van der Waals surface area contributed by atoms with Crippen molar-refractivity contribution < 1.29 is 18.0 Å². The molecule has 1 aromatic carbocycles. The van der Waals surface area contributed by atoms with Crippen molar-refractivity contribution in [2.75, 3.05) is 5.32 Å². The van der Waals surface area contributed by atoms with Crippen LogP contribution in [0.3, 0.4) is 0 Å². The maximum absolute atomic E-state index is 13.4. The summed E-state index contributed by atoms with van der Waals surface area (Å²) >= 11 is 11.4. The summed E-state index contributed by atoms with van der Waals surface area (Å²) in [5.41, 5.74) is -0.871. The van der Waals surface area contributed by atoms with E-state index in [4.69, 9.17) is 23.2 Å². The maximum atomic E-state index is 13.4. The molecule has 0 aliphatic rings. The Balaban J connectivity index is 2.36. The number of carbonyl (C=O) groups excluding carboxylic acids is 1. The average molecular weight is 322 g/mol. The molecule has 0 atom stereocenters. The Hall–Kier alpha value is -1.86. The summed E-state index contributed by atoms with van der Waals surface area (Å²) in [6.45, 7) is 0. The molecule has 2 aromatic rings. The highest BCUT2D eigenvalue weighted by atomic mass is 35.5. The summed E-state index contributed by atoms with van der Waals surface area (Å²) in [6, 6.07) is 1.41. The van der Waals surface area contributed by atoms with Crippen LogP contribution in [-0.2, 0) is 0 Å². The van der Waals surface area contributed by atoms with Crippen molar-refractivity contribution in [3.63, 3.8) is 0 Å². The molecule has 0 spiro atoms. The van der Waals surface area contributed by atoms with Crippen molar-refractivity contribution in [1.82, 2.24) is 9.97 Å². The van der Waals surface area contributed by atoms with Crippen LogP contribution in [0.15, 0.2) is 18.5 Å². The van der Waals surface area contributed by atoms with Crippen LogP contribution < -0.4 is 5.32 Å². The third kappa shape index (κ3) is 2.68. The minimum absolute atomic E-state index is 0.162. The van der Waals surface area contributed by atoms with Gasteiger partial charge >= 0.3 is 0 Å². The molecule has 0 aliphatic carbocycles. The Kier molecular flexibility index (Phi) is 4.10. The van der Waals surface area contributed by atoms with E-state index in [0.717, 1.165) is 12.4 Å². The predicted molar refractivity (Wildman–Crippen MR) is 66.3 cm³/mol. The number of carbonyl (C=O) groups is 1. The molecule has 0 unspecified atom stereocenters. The molecule has 0 bridgehead atoms. The van der Waals surface area contributed by atoms with Crippen LogP contribution in [0.5, 0.6) is 0 Å². The summed E-state index contributed by atoms with van der Waals surface area (Å²) < 4.78 is 39.3. The lowest BCUT2D eigenvalue weighted by molar-refractivity contribution is 0.102. The number of amides is 1. The number of nitrogens with one attached hydrogen (secondary N) is 1. The number of anilines is 1. The van der Waals surface area contributed by atoms with Crippen LogP contribution in [0.2, 0.25) is 10.3 Å². The normalized spacial score (nSPS) is 10.4. The van der Waals surface area contributed by atoms with Gasteiger partial charge in [-0.1, -0.05) is 23.2 Å². The van der Waals surface area contributed by atoms with E-state index >= 15 is 0 Å². The van der Waals surface area contributed by atoms with Crippen molar-refractivity contribution in [2.24, 2.45) is 0 Å². The highest BCUT2D eigenvalue weighted by Crippen LogP contribution is 2.26. The molecule has 1 N–H and O–H groups in total. The zero-order valence-electron chi connectivity index (χ0n) is 9.42. The summed E-state index contributed by atoms with van der Waals surface area (Å²) in [5, 5.41) is 1.77. The van der Waals surface area contributed by atoms with Gasteiger partial charge in [-0.05, 0) is 12.1 Å². The van der Waals surface area contributed by atoms with Gasteiger partial charge in [0.05, 0.1) is 5.56 Å². The van der Waals surface area contributed by atoms with Crippen molar-refractivity contribution >= 4 is 34.8 Å². The third-order valence-electron chi connectivity index (χ3n) is 2.27. The molecule has 0 aliphatic heterocycles. The zero-order valence-corrected chi connectivity index (χ0v) is 10.9. The molecule has 20 heavy (non-hydrogen) atoms. The number of hydrogen-bond acceptors (Lipinski definition) is 3. The molecule has 0 radical (unpaired) electrons. The number of hydrogen-bond donors (Lipinski definition) is 1. The van der Waals surface area contributed by atoms with E-state index in [0.29, 0.717) is 6.07 Å². The number of aromatic nitrogens is 2. The van der Waals surface area contributed by atoms with Crippen LogP contribution >= 0.6 is 23.2 Å². The van der Waals surface area contributed by atoms with Crippen LogP contribution in [0, 0.1) is 17.5 Å². The minimum atomic E-state index is -1.75. The van der Waals surface area contributed by atoms with E-state index < -0.39 is 28.9 Å². The van der Waals surface area contributed by atoms with Crippen molar-refractivity contribution in [3.8, 4) is 0 Å². The SMILES string of the molecule is O=C(Nc1c(Cl)ncnc1Cl)c1ccc(F)c(F)c1F. The third-order valence-corrected chi connectivity index (χ3v) is 2.85. The summed E-state index contributed by atoms with van der Waals surface area (Å²) in [7, 11) is 0. The summed E-state index contributed by atoms with van der Waals surface area (Å²) in [4.78, 5) is 18.9. The first-order valence-corrected chi connectivity index (χ1v) is 5.78. The highest BCUT2D eigenvalue weighted by molar-refractivity contribution is 6.38. The fourth-order valence-corrected chi connectivity index (χ4v) is 1.74. The first kappa shape index (κ1) is 14.5. The summed E-state index contributed by atoms with van der Waals surface area (Å²) in [6.07, 6.45) is 1.05. The first-order valence-electron chi connectivity index (χ1n) is 5.02. The number of rotatable bonds is 2. The standard InChI is InChI=1S/C11H4Cl2F3N3O/c12-9-8(10(13)18-3-17-9)19-11(20)4-1-2-5(14)7(16)6(4)15/h1-3H,(H,19,20). The van der Waals surface area contributed by atoms with Gasteiger partial charge in [0.25, 0.3) is 5.91 Å². The Morgan fingerprint density at radius 2 is 1.65 bits per heavy atom. The molecule has 2 rings (SSSR count). The van der Waals surface area contributed by atoms with Gasteiger partial charge in [0.1, 0.15) is 12.0 Å². The first-order chi connectivity index (χ1) is 9.41. The Labute approximate surface area is 120 Å². The Morgan fingerprint density at radius 3 is 2.25 bits per heavy atom. The second kappa shape index (κ2) is 5.64. The van der Waals surface area contributed by atoms with Gasteiger partial charge in [0, 0.05) is 0 Å².